The van der Waals surface area contributed by atoms with Crippen molar-refractivity contribution in [3.63, 3.8) is 0 Å². The molecule has 0 radical (unpaired) electrons. The monoisotopic (exact) mass is 440 g/mol. The van der Waals surface area contributed by atoms with Crippen LogP contribution in [-0.2, 0) is 0 Å². The molecule has 6 rings (SSSR count). The Kier molecular flexibility index (Phi) is 4.43. The van der Waals surface area contributed by atoms with Crippen LogP contribution in [0.5, 0.6) is 11.5 Å². The van der Waals surface area contributed by atoms with Gasteiger partial charge in [-0.2, -0.15) is 10.1 Å². The fourth-order valence-electron chi connectivity index (χ4n) is 4.56. The van der Waals surface area contributed by atoms with Crippen LogP contribution in [0.2, 0.25) is 0 Å². The minimum Gasteiger partial charge on any atom is -0.497 e. The number of fused-ring (bicyclic) bond motifs is 3. The number of ether oxygens (including phenoxy) is 2. The van der Waals surface area contributed by atoms with Gasteiger partial charge >= 0.3 is 0 Å². The topological polar surface area (TPSA) is 61.2 Å². The zero-order valence-electron chi connectivity index (χ0n) is 18.1. The lowest BCUT2D eigenvalue weighted by Gasteiger charge is -2.39. The summed E-state index contributed by atoms with van der Waals surface area (Å²) in [5.74, 6) is 1.80. The Morgan fingerprint density at radius 3 is 2.52 bits per heavy atom. The van der Waals surface area contributed by atoms with E-state index in [1.165, 1.54) is 24.0 Å². The molecule has 1 N–H and O–H groups in total. The number of aromatic nitrogens is 3. The summed E-state index contributed by atoms with van der Waals surface area (Å²) in [6, 6.07) is 20.3. The standard InChI is InChI=1S/C26H21FN4O2/c1-15-3-5-17(6-4-15)25-22-23(20-13-19(32-2)11-12-21(20)33-25)30-26-28-14-29-31(26)24(22)16-7-9-18(27)10-8-16/h3-14,24-25H,1-2H3,(H,28,29,30)/t24-,25-/m1/s1. The number of methoxy groups -OCH3 is 1. The first-order chi connectivity index (χ1) is 16.1. The first-order valence-corrected chi connectivity index (χ1v) is 10.7. The van der Waals surface area contributed by atoms with Crippen molar-refractivity contribution in [2.45, 2.75) is 19.1 Å². The first-order valence-electron chi connectivity index (χ1n) is 10.7. The molecule has 0 bridgehead atoms. The molecule has 4 aromatic rings. The Balaban J connectivity index is 1.62. The van der Waals surface area contributed by atoms with Crippen LogP contribution in [0.25, 0.3) is 5.70 Å². The van der Waals surface area contributed by atoms with Gasteiger partial charge in [-0.25, -0.2) is 9.07 Å². The minimum atomic E-state index is -0.374. The molecule has 0 saturated heterocycles. The summed E-state index contributed by atoms with van der Waals surface area (Å²) in [7, 11) is 1.64. The highest BCUT2D eigenvalue weighted by Gasteiger charge is 2.41. The van der Waals surface area contributed by atoms with E-state index in [1.54, 1.807) is 19.2 Å². The van der Waals surface area contributed by atoms with Crippen molar-refractivity contribution in [1.82, 2.24) is 14.8 Å². The normalized spacial score (nSPS) is 18.5. The third kappa shape index (κ3) is 3.16. The number of hydrogen-bond donors (Lipinski definition) is 1. The van der Waals surface area contributed by atoms with Crippen LogP contribution >= 0.6 is 0 Å². The summed E-state index contributed by atoms with van der Waals surface area (Å²) in [5.41, 5.74) is 5.84. The Hall–Kier alpha value is -4.13. The molecule has 2 atom stereocenters. The van der Waals surface area contributed by atoms with Gasteiger partial charge in [0.05, 0.1) is 12.8 Å². The molecule has 0 aliphatic carbocycles. The molecular formula is C26H21FN4O2. The number of nitrogens with zero attached hydrogens (tertiary/aromatic N) is 3. The predicted molar refractivity (Wildman–Crippen MR) is 123 cm³/mol. The van der Waals surface area contributed by atoms with Gasteiger partial charge in [-0.15, -0.1) is 0 Å². The second kappa shape index (κ2) is 7.48. The fourth-order valence-corrected chi connectivity index (χ4v) is 4.56. The van der Waals surface area contributed by atoms with Crippen LogP contribution in [-0.4, -0.2) is 21.9 Å². The zero-order valence-corrected chi connectivity index (χ0v) is 18.1. The number of anilines is 1. The van der Waals surface area contributed by atoms with Crippen LogP contribution in [0.3, 0.4) is 0 Å². The number of halogens is 1. The highest BCUT2D eigenvalue weighted by Crippen LogP contribution is 2.51. The van der Waals surface area contributed by atoms with Crippen molar-refractivity contribution >= 4 is 11.6 Å². The molecule has 3 aromatic carbocycles. The van der Waals surface area contributed by atoms with E-state index in [4.69, 9.17) is 9.47 Å². The van der Waals surface area contributed by atoms with E-state index in [-0.39, 0.29) is 18.0 Å². The molecule has 0 saturated carbocycles. The van der Waals surface area contributed by atoms with Gasteiger partial charge in [0, 0.05) is 11.1 Å². The molecule has 0 fully saturated rings. The third-order valence-corrected chi connectivity index (χ3v) is 6.19. The lowest BCUT2D eigenvalue weighted by atomic mass is 9.84. The van der Waals surface area contributed by atoms with E-state index in [9.17, 15) is 4.39 Å². The molecule has 2 aliphatic heterocycles. The molecule has 6 nitrogen and oxygen atoms in total. The number of nitrogens with one attached hydrogen (secondary N) is 1. The summed E-state index contributed by atoms with van der Waals surface area (Å²) in [6.45, 7) is 2.06. The van der Waals surface area contributed by atoms with Gasteiger partial charge in [0.2, 0.25) is 5.95 Å². The van der Waals surface area contributed by atoms with Crippen LogP contribution in [0.15, 0.2) is 78.6 Å². The molecule has 33 heavy (non-hydrogen) atoms. The van der Waals surface area contributed by atoms with Gasteiger partial charge < -0.3 is 14.8 Å². The van der Waals surface area contributed by atoms with Gasteiger partial charge in [-0.05, 0) is 48.4 Å². The maximum absolute atomic E-state index is 13.8. The molecule has 164 valence electrons. The van der Waals surface area contributed by atoms with Gasteiger partial charge in [0.25, 0.3) is 0 Å². The van der Waals surface area contributed by atoms with Crippen molar-refractivity contribution < 1.29 is 13.9 Å². The van der Waals surface area contributed by atoms with Gasteiger partial charge in [-0.3, -0.25) is 0 Å². The lowest BCUT2D eigenvalue weighted by molar-refractivity contribution is 0.222. The van der Waals surface area contributed by atoms with E-state index in [2.05, 4.69) is 46.6 Å². The molecule has 7 heteroatoms. The molecule has 0 spiro atoms. The van der Waals surface area contributed by atoms with Gasteiger partial charge in [-0.1, -0.05) is 42.0 Å². The number of hydrogen-bond acceptors (Lipinski definition) is 5. The van der Waals surface area contributed by atoms with E-state index >= 15 is 0 Å². The summed E-state index contributed by atoms with van der Waals surface area (Å²) >= 11 is 0. The quantitative estimate of drug-likeness (QED) is 0.469. The summed E-state index contributed by atoms with van der Waals surface area (Å²) < 4.78 is 27.7. The van der Waals surface area contributed by atoms with E-state index in [1.807, 2.05) is 22.9 Å². The molecule has 1 aromatic heterocycles. The minimum absolute atomic E-state index is 0.286. The lowest BCUT2D eigenvalue weighted by Crippen LogP contribution is -2.32. The Morgan fingerprint density at radius 2 is 1.76 bits per heavy atom. The number of aryl methyl sites for hydroxylation is 1. The Labute approximate surface area is 190 Å². The third-order valence-electron chi connectivity index (χ3n) is 6.19. The first kappa shape index (κ1) is 19.5. The Bertz CT molecular complexity index is 1380. The van der Waals surface area contributed by atoms with Crippen molar-refractivity contribution in [3.8, 4) is 11.5 Å². The second-order valence-electron chi connectivity index (χ2n) is 8.21. The zero-order chi connectivity index (χ0) is 22.5. The highest BCUT2D eigenvalue weighted by atomic mass is 19.1. The van der Waals surface area contributed by atoms with Crippen LogP contribution in [0.4, 0.5) is 10.3 Å². The molecular weight excluding hydrogens is 419 g/mol. The predicted octanol–water partition coefficient (Wildman–Crippen LogP) is 5.29. The Morgan fingerprint density at radius 1 is 1.00 bits per heavy atom. The van der Waals surface area contributed by atoms with Crippen molar-refractivity contribution in [2.75, 3.05) is 12.4 Å². The largest absolute Gasteiger partial charge is 0.497 e. The highest BCUT2D eigenvalue weighted by molar-refractivity contribution is 5.85. The van der Waals surface area contributed by atoms with Crippen molar-refractivity contribution in [2.24, 2.45) is 0 Å². The fraction of sp³-hybridized carbons (Fsp3) is 0.154. The van der Waals surface area contributed by atoms with Gasteiger partial charge in [0.15, 0.2) is 0 Å². The molecule has 2 aliphatic rings. The molecule has 0 unspecified atom stereocenters. The molecule has 0 amide bonds. The average molecular weight is 440 g/mol. The van der Waals surface area contributed by atoms with E-state index < -0.39 is 0 Å². The van der Waals surface area contributed by atoms with Crippen LogP contribution < -0.4 is 14.8 Å². The maximum Gasteiger partial charge on any atom is 0.226 e. The summed E-state index contributed by atoms with van der Waals surface area (Å²) in [5, 5.41) is 7.96. The second-order valence-corrected chi connectivity index (χ2v) is 8.21. The SMILES string of the molecule is COc1ccc2c(c1)C1=C([C@@H](c3ccc(C)cc3)O2)[C@@H](c2ccc(F)cc2)n2ncnc2N1. The van der Waals surface area contributed by atoms with Crippen molar-refractivity contribution in [3.05, 3.63) is 107 Å². The smallest absolute Gasteiger partial charge is 0.226 e. The van der Waals surface area contributed by atoms with Crippen LogP contribution in [0.1, 0.15) is 34.4 Å². The van der Waals surface area contributed by atoms with E-state index in [0.717, 1.165) is 39.5 Å². The molecule has 3 heterocycles. The summed E-state index contributed by atoms with van der Waals surface area (Å²) in [6.07, 6.45) is 1.15. The van der Waals surface area contributed by atoms with E-state index in [0.29, 0.717) is 5.95 Å². The number of rotatable bonds is 3. The van der Waals surface area contributed by atoms with Crippen molar-refractivity contribution in [1.29, 1.82) is 0 Å². The van der Waals surface area contributed by atoms with Gasteiger partial charge in [0.1, 0.15) is 35.8 Å². The average Bonchev–Trinajstić information content (AvgIpc) is 3.31. The maximum atomic E-state index is 13.8. The van der Waals surface area contributed by atoms with Crippen LogP contribution in [0, 0.1) is 12.7 Å². The number of benzene rings is 3. The summed E-state index contributed by atoms with van der Waals surface area (Å²) in [4.78, 5) is 4.43.